The number of hydrogen-bond donors (Lipinski definition) is 3. The minimum atomic E-state index is -1.06. The van der Waals surface area contributed by atoms with Crippen LogP contribution in [0.25, 0.3) is 0 Å². The molecule has 0 fully saturated rings. The maximum absolute atomic E-state index is 11.8. The Labute approximate surface area is 109 Å². The van der Waals surface area contributed by atoms with E-state index in [1.54, 1.807) is 0 Å². The Morgan fingerprint density at radius 2 is 2.22 bits per heavy atom. The monoisotopic (exact) mass is 271 g/mol. The van der Waals surface area contributed by atoms with Gasteiger partial charge in [-0.15, -0.1) is 11.3 Å². The van der Waals surface area contributed by atoms with Crippen LogP contribution in [0.4, 0.5) is 0 Å². The van der Waals surface area contributed by atoms with Gasteiger partial charge >= 0.3 is 5.97 Å². The average molecular weight is 271 g/mol. The number of nitrogens with two attached hydrogens (primary N) is 1. The molecule has 4 N–H and O–H groups in total. The smallest absolute Gasteiger partial charge is 0.355 e. The fourth-order valence-electron chi connectivity index (χ4n) is 1.47. The Kier molecular flexibility index (Phi) is 5.24. The van der Waals surface area contributed by atoms with Crippen molar-refractivity contribution in [1.82, 2.24) is 10.3 Å². The number of nitrogens with one attached hydrogen (secondary N) is 1. The molecule has 100 valence electrons. The van der Waals surface area contributed by atoms with Gasteiger partial charge in [-0.25, -0.2) is 9.78 Å². The highest BCUT2D eigenvalue weighted by atomic mass is 32.1. The summed E-state index contributed by atoms with van der Waals surface area (Å²) in [5.41, 5.74) is 5.54. The summed E-state index contributed by atoms with van der Waals surface area (Å²) in [6, 6.07) is 0. The number of aromatic carboxylic acids is 1. The number of carbonyl (C=O) groups is 2. The Bertz CT molecular complexity index is 431. The van der Waals surface area contributed by atoms with Crippen LogP contribution in [-0.4, -0.2) is 28.5 Å². The lowest BCUT2D eigenvalue weighted by atomic mass is 9.95. The predicted molar refractivity (Wildman–Crippen MR) is 68.3 cm³/mol. The molecule has 0 aromatic carbocycles. The van der Waals surface area contributed by atoms with E-state index in [2.05, 4.69) is 10.3 Å². The number of carboxylic acid groups (broad SMARTS) is 1. The highest BCUT2D eigenvalue weighted by Gasteiger charge is 2.20. The summed E-state index contributed by atoms with van der Waals surface area (Å²) in [6.45, 7) is 4.40. The summed E-state index contributed by atoms with van der Waals surface area (Å²) in [4.78, 5) is 26.3. The van der Waals surface area contributed by atoms with Crippen LogP contribution in [0, 0.1) is 11.8 Å². The maximum Gasteiger partial charge on any atom is 0.355 e. The van der Waals surface area contributed by atoms with E-state index in [0.717, 1.165) is 0 Å². The topological polar surface area (TPSA) is 105 Å². The minimum absolute atomic E-state index is 0.00323. The Morgan fingerprint density at radius 3 is 2.67 bits per heavy atom. The minimum Gasteiger partial charge on any atom is -0.476 e. The fraction of sp³-hybridized carbons (Fsp3) is 0.545. The van der Waals surface area contributed by atoms with Crippen LogP contribution in [0.5, 0.6) is 0 Å². The molecule has 0 saturated carbocycles. The largest absolute Gasteiger partial charge is 0.476 e. The SMILES string of the molecule is CC(C)C(CN)C(=O)NCc1nc(C(=O)O)cs1. The molecule has 0 saturated heterocycles. The fourth-order valence-corrected chi connectivity index (χ4v) is 2.17. The zero-order valence-electron chi connectivity index (χ0n) is 10.3. The second kappa shape index (κ2) is 6.46. The van der Waals surface area contributed by atoms with Crippen molar-refractivity contribution in [3.63, 3.8) is 0 Å². The molecular weight excluding hydrogens is 254 g/mol. The summed E-state index contributed by atoms with van der Waals surface area (Å²) in [5.74, 6) is -1.25. The molecule has 1 aromatic rings. The van der Waals surface area contributed by atoms with E-state index in [-0.39, 0.29) is 30.0 Å². The zero-order valence-corrected chi connectivity index (χ0v) is 11.2. The van der Waals surface area contributed by atoms with Crippen molar-refractivity contribution in [2.75, 3.05) is 6.54 Å². The lowest BCUT2D eigenvalue weighted by Gasteiger charge is -2.17. The molecule has 1 heterocycles. The summed E-state index contributed by atoms with van der Waals surface area (Å²) in [7, 11) is 0. The standard InChI is InChI=1S/C11H17N3O3S/c1-6(2)7(3-12)10(15)13-4-9-14-8(5-18-9)11(16)17/h5-7H,3-4,12H2,1-2H3,(H,13,15)(H,16,17). The van der Waals surface area contributed by atoms with Crippen molar-refractivity contribution in [2.45, 2.75) is 20.4 Å². The van der Waals surface area contributed by atoms with Crippen molar-refractivity contribution < 1.29 is 14.7 Å². The zero-order chi connectivity index (χ0) is 13.7. The van der Waals surface area contributed by atoms with Gasteiger partial charge in [-0.3, -0.25) is 4.79 Å². The lowest BCUT2D eigenvalue weighted by Crippen LogP contribution is -2.37. The average Bonchev–Trinajstić information content (AvgIpc) is 2.75. The predicted octanol–water partition coefficient (Wildman–Crippen LogP) is 0.688. The molecule has 18 heavy (non-hydrogen) atoms. The molecule has 0 aliphatic rings. The van der Waals surface area contributed by atoms with Gasteiger partial charge in [-0.2, -0.15) is 0 Å². The molecule has 0 aliphatic carbocycles. The molecule has 6 nitrogen and oxygen atoms in total. The maximum atomic E-state index is 11.8. The molecule has 1 rings (SSSR count). The summed E-state index contributed by atoms with van der Waals surface area (Å²) in [5, 5.41) is 13.5. The highest BCUT2D eigenvalue weighted by Crippen LogP contribution is 2.12. The van der Waals surface area contributed by atoms with E-state index < -0.39 is 5.97 Å². The molecule has 1 atom stereocenters. The third-order valence-corrected chi connectivity index (χ3v) is 3.43. The number of carbonyl (C=O) groups excluding carboxylic acids is 1. The van der Waals surface area contributed by atoms with Crippen molar-refractivity contribution >= 4 is 23.2 Å². The molecule has 1 aromatic heterocycles. The van der Waals surface area contributed by atoms with Gasteiger partial charge in [0, 0.05) is 11.9 Å². The van der Waals surface area contributed by atoms with E-state index in [9.17, 15) is 9.59 Å². The second-order valence-electron chi connectivity index (χ2n) is 4.24. The number of carboxylic acids is 1. The summed E-state index contributed by atoms with van der Waals surface area (Å²) < 4.78 is 0. The van der Waals surface area contributed by atoms with E-state index in [0.29, 0.717) is 11.6 Å². The molecule has 1 amide bonds. The normalized spacial score (nSPS) is 12.4. The van der Waals surface area contributed by atoms with E-state index >= 15 is 0 Å². The third kappa shape index (κ3) is 3.78. The number of thiazole rings is 1. The van der Waals surface area contributed by atoms with Crippen molar-refractivity contribution in [3.05, 3.63) is 16.1 Å². The van der Waals surface area contributed by atoms with Gasteiger partial charge in [0.2, 0.25) is 5.91 Å². The van der Waals surface area contributed by atoms with Crippen molar-refractivity contribution in [2.24, 2.45) is 17.6 Å². The molecular formula is C11H17N3O3S. The van der Waals surface area contributed by atoms with Crippen LogP contribution in [0.3, 0.4) is 0 Å². The van der Waals surface area contributed by atoms with Crippen LogP contribution in [0.2, 0.25) is 0 Å². The van der Waals surface area contributed by atoms with E-state index in [4.69, 9.17) is 10.8 Å². The van der Waals surface area contributed by atoms with Crippen molar-refractivity contribution in [3.8, 4) is 0 Å². The van der Waals surface area contributed by atoms with Crippen LogP contribution in [0.15, 0.2) is 5.38 Å². The van der Waals surface area contributed by atoms with Gasteiger partial charge in [0.25, 0.3) is 0 Å². The molecule has 1 unspecified atom stereocenters. The first-order chi connectivity index (χ1) is 8.45. The number of nitrogens with zero attached hydrogens (tertiary/aromatic N) is 1. The van der Waals surface area contributed by atoms with Gasteiger partial charge in [-0.05, 0) is 5.92 Å². The van der Waals surface area contributed by atoms with Gasteiger partial charge in [0.1, 0.15) is 5.01 Å². The van der Waals surface area contributed by atoms with Crippen molar-refractivity contribution in [1.29, 1.82) is 0 Å². The molecule has 0 bridgehead atoms. The van der Waals surface area contributed by atoms with Crippen LogP contribution >= 0.6 is 11.3 Å². The second-order valence-corrected chi connectivity index (χ2v) is 5.18. The molecule has 7 heteroatoms. The first kappa shape index (κ1) is 14.6. The van der Waals surface area contributed by atoms with Gasteiger partial charge in [0.15, 0.2) is 5.69 Å². The summed E-state index contributed by atoms with van der Waals surface area (Å²) in [6.07, 6.45) is 0. The first-order valence-electron chi connectivity index (χ1n) is 5.61. The molecule has 0 aliphatic heterocycles. The number of amides is 1. The number of aromatic nitrogens is 1. The summed E-state index contributed by atoms with van der Waals surface area (Å²) >= 11 is 1.21. The van der Waals surface area contributed by atoms with Crippen LogP contribution in [0.1, 0.15) is 29.3 Å². The van der Waals surface area contributed by atoms with Gasteiger partial charge in [0.05, 0.1) is 12.5 Å². The van der Waals surface area contributed by atoms with Crippen LogP contribution < -0.4 is 11.1 Å². The lowest BCUT2D eigenvalue weighted by molar-refractivity contribution is -0.126. The quantitative estimate of drug-likeness (QED) is 0.706. The molecule has 0 radical (unpaired) electrons. The first-order valence-corrected chi connectivity index (χ1v) is 6.49. The third-order valence-electron chi connectivity index (χ3n) is 2.58. The van der Waals surface area contributed by atoms with Gasteiger partial charge in [-0.1, -0.05) is 13.8 Å². The van der Waals surface area contributed by atoms with Gasteiger partial charge < -0.3 is 16.2 Å². The Balaban J connectivity index is 2.53. The number of rotatable bonds is 6. The Hall–Kier alpha value is -1.47. The van der Waals surface area contributed by atoms with E-state index in [1.807, 2.05) is 13.8 Å². The Morgan fingerprint density at radius 1 is 1.56 bits per heavy atom. The number of hydrogen-bond acceptors (Lipinski definition) is 5. The molecule has 0 spiro atoms. The highest BCUT2D eigenvalue weighted by molar-refractivity contribution is 7.09. The van der Waals surface area contributed by atoms with E-state index in [1.165, 1.54) is 16.7 Å². The van der Waals surface area contributed by atoms with Crippen LogP contribution in [-0.2, 0) is 11.3 Å².